The van der Waals surface area contributed by atoms with Gasteiger partial charge in [-0.2, -0.15) is 0 Å². The Bertz CT molecular complexity index is 140. The van der Waals surface area contributed by atoms with Gasteiger partial charge >= 0.3 is 0 Å². The Kier molecular flexibility index (Phi) is 3.34. The van der Waals surface area contributed by atoms with Crippen LogP contribution in [0.2, 0.25) is 0 Å². The lowest BCUT2D eigenvalue weighted by Crippen LogP contribution is -2.28. The summed E-state index contributed by atoms with van der Waals surface area (Å²) in [6.07, 6.45) is 0. The van der Waals surface area contributed by atoms with Gasteiger partial charge in [0.15, 0.2) is 0 Å². The minimum absolute atomic E-state index is 0.381. The highest BCUT2D eigenvalue weighted by Gasteiger charge is 2.29. The number of hydrogen-bond acceptors (Lipinski definition) is 0. The van der Waals surface area contributed by atoms with Gasteiger partial charge in [0.05, 0.1) is 0 Å². The SMILES string of the molecule is C=C(C)C(C)C(C)(C)C(C)C. The van der Waals surface area contributed by atoms with Crippen molar-refractivity contribution < 1.29 is 0 Å². The van der Waals surface area contributed by atoms with E-state index >= 15 is 0 Å². The van der Waals surface area contributed by atoms with Crippen molar-refractivity contribution in [2.75, 3.05) is 0 Å². The molecular weight excluding hydrogens is 132 g/mol. The van der Waals surface area contributed by atoms with Crippen molar-refractivity contribution in [1.29, 1.82) is 0 Å². The fraction of sp³-hybridized carbons (Fsp3) is 0.818. The summed E-state index contributed by atoms with van der Waals surface area (Å²) < 4.78 is 0. The Hall–Kier alpha value is -0.260. The minimum atomic E-state index is 0.381. The first-order chi connectivity index (χ1) is 4.80. The molecule has 0 rings (SSSR count). The molecule has 0 bridgehead atoms. The van der Waals surface area contributed by atoms with Crippen molar-refractivity contribution in [3.05, 3.63) is 12.2 Å². The molecule has 0 N–H and O–H groups in total. The first-order valence-electron chi connectivity index (χ1n) is 4.45. The maximum Gasteiger partial charge on any atom is -0.0183 e. The van der Waals surface area contributed by atoms with Crippen LogP contribution >= 0.6 is 0 Å². The molecule has 0 amide bonds. The first kappa shape index (κ1) is 10.7. The Labute approximate surface area is 71.7 Å². The second-order valence-electron chi connectivity index (χ2n) is 4.54. The van der Waals surface area contributed by atoms with E-state index in [1.807, 2.05) is 0 Å². The van der Waals surface area contributed by atoms with E-state index in [-0.39, 0.29) is 0 Å². The zero-order valence-electron chi connectivity index (χ0n) is 8.86. The van der Waals surface area contributed by atoms with Crippen LogP contribution in [-0.2, 0) is 0 Å². The van der Waals surface area contributed by atoms with E-state index in [2.05, 4.69) is 48.1 Å². The van der Waals surface area contributed by atoms with E-state index < -0.39 is 0 Å². The topological polar surface area (TPSA) is 0 Å². The second kappa shape index (κ2) is 3.42. The van der Waals surface area contributed by atoms with E-state index in [1.165, 1.54) is 5.57 Å². The van der Waals surface area contributed by atoms with E-state index in [9.17, 15) is 0 Å². The summed E-state index contributed by atoms with van der Waals surface area (Å²) in [6, 6.07) is 0. The van der Waals surface area contributed by atoms with Crippen LogP contribution < -0.4 is 0 Å². The van der Waals surface area contributed by atoms with E-state index in [4.69, 9.17) is 0 Å². The molecule has 0 saturated carbocycles. The van der Waals surface area contributed by atoms with Gasteiger partial charge in [-0.05, 0) is 24.2 Å². The molecule has 11 heavy (non-hydrogen) atoms. The molecule has 0 saturated heterocycles. The fourth-order valence-corrected chi connectivity index (χ4v) is 1.14. The normalized spacial score (nSPS) is 15.2. The van der Waals surface area contributed by atoms with Crippen molar-refractivity contribution >= 4 is 0 Å². The molecule has 0 radical (unpaired) electrons. The fourth-order valence-electron chi connectivity index (χ4n) is 1.14. The molecule has 0 fully saturated rings. The van der Waals surface area contributed by atoms with Gasteiger partial charge in [0.25, 0.3) is 0 Å². The third-order valence-corrected chi connectivity index (χ3v) is 3.34. The molecular formula is C11H22. The summed E-state index contributed by atoms with van der Waals surface area (Å²) in [5.74, 6) is 1.33. The lowest BCUT2D eigenvalue weighted by atomic mass is 9.69. The lowest BCUT2D eigenvalue weighted by molar-refractivity contribution is 0.177. The summed E-state index contributed by atoms with van der Waals surface area (Å²) in [6.45, 7) is 17.6. The molecule has 0 aromatic heterocycles. The third-order valence-electron chi connectivity index (χ3n) is 3.34. The maximum atomic E-state index is 4.00. The Morgan fingerprint density at radius 1 is 1.18 bits per heavy atom. The second-order valence-corrected chi connectivity index (χ2v) is 4.54. The average Bonchev–Trinajstić information content (AvgIpc) is 1.85. The third kappa shape index (κ3) is 2.36. The van der Waals surface area contributed by atoms with Crippen molar-refractivity contribution in [2.24, 2.45) is 17.3 Å². The summed E-state index contributed by atoms with van der Waals surface area (Å²) in [7, 11) is 0. The Balaban J connectivity index is 4.41. The van der Waals surface area contributed by atoms with Crippen LogP contribution in [0, 0.1) is 17.3 Å². The van der Waals surface area contributed by atoms with E-state index in [0.29, 0.717) is 17.3 Å². The molecule has 0 aromatic rings. The van der Waals surface area contributed by atoms with Gasteiger partial charge < -0.3 is 0 Å². The van der Waals surface area contributed by atoms with E-state index in [1.54, 1.807) is 0 Å². The van der Waals surface area contributed by atoms with Crippen LogP contribution in [0.3, 0.4) is 0 Å². The molecule has 1 unspecified atom stereocenters. The molecule has 0 nitrogen and oxygen atoms in total. The zero-order chi connectivity index (χ0) is 9.23. The number of rotatable bonds is 3. The molecule has 0 heterocycles. The smallest absolute Gasteiger partial charge is 0.0183 e. The van der Waals surface area contributed by atoms with Crippen LogP contribution in [-0.4, -0.2) is 0 Å². The Morgan fingerprint density at radius 2 is 1.55 bits per heavy atom. The molecule has 66 valence electrons. The van der Waals surface area contributed by atoms with Crippen LogP contribution in [0.15, 0.2) is 12.2 Å². The lowest BCUT2D eigenvalue weighted by Gasteiger charge is -2.36. The highest BCUT2D eigenvalue weighted by Crippen LogP contribution is 2.37. The van der Waals surface area contributed by atoms with Gasteiger partial charge in [-0.3, -0.25) is 0 Å². The number of hydrogen-bond donors (Lipinski definition) is 0. The Morgan fingerprint density at radius 3 is 1.64 bits per heavy atom. The largest absolute Gasteiger partial charge is 0.0999 e. The average molecular weight is 154 g/mol. The monoisotopic (exact) mass is 154 g/mol. The van der Waals surface area contributed by atoms with Gasteiger partial charge in [-0.25, -0.2) is 0 Å². The molecule has 0 heteroatoms. The van der Waals surface area contributed by atoms with Gasteiger partial charge in [0, 0.05) is 0 Å². The van der Waals surface area contributed by atoms with Gasteiger partial charge in [-0.15, -0.1) is 0 Å². The van der Waals surface area contributed by atoms with Crippen molar-refractivity contribution in [2.45, 2.75) is 41.5 Å². The predicted molar refractivity (Wildman–Crippen MR) is 52.6 cm³/mol. The predicted octanol–water partition coefficient (Wildman–Crippen LogP) is 3.88. The van der Waals surface area contributed by atoms with Crippen molar-refractivity contribution in [1.82, 2.24) is 0 Å². The number of allylic oxidation sites excluding steroid dienone is 1. The highest BCUT2D eigenvalue weighted by atomic mass is 14.3. The van der Waals surface area contributed by atoms with Crippen LogP contribution in [0.4, 0.5) is 0 Å². The standard InChI is InChI=1S/C11H22/c1-8(2)10(5)11(6,7)9(3)4/h9-10H,1H2,2-7H3. The van der Waals surface area contributed by atoms with Gasteiger partial charge in [0.1, 0.15) is 0 Å². The molecule has 0 aliphatic carbocycles. The maximum absolute atomic E-state index is 4.00. The zero-order valence-corrected chi connectivity index (χ0v) is 8.86. The summed E-state index contributed by atoms with van der Waals surface area (Å²) in [5, 5.41) is 0. The van der Waals surface area contributed by atoms with Gasteiger partial charge in [-0.1, -0.05) is 46.8 Å². The molecule has 0 spiro atoms. The quantitative estimate of drug-likeness (QED) is 0.541. The van der Waals surface area contributed by atoms with Crippen LogP contribution in [0.5, 0.6) is 0 Å². The molecule has 0 aliphatic heterocycles. The van der Waals surface area contributed by atoms with Gasteiger partial charge in [0.2, 0.25) is 0 Å². The molecule has 1 atom stereocenters. The molecule has 0 aliphatic rings. The first-order valence-corrected chi connectivity index (χ1v) is 4.45. The summed E-state index contributed by atoms with van der Waals surface area (Å²) >= 11 is 0. The highest BCUT2D eigenvalue weighted by molar-refractivity contribution is 5.00. The summed E-state index contributed by atoms with van der Waals surface area (Å²) in [4.78, 5) is 0. The van der Waals surface area contributed by atoms with Crippen molar-refractivity contribution in [3.63, 3.8) is 0 Å². The van der Waals surface area contributed by atoms with Crippen LogP contribution in [0.25, 0.3) is 0 Å². The molecule has 0 aromatic carbocycles. The van der Waals surface area contributed by atoms with E-state index in [0.717, 1.165) is 0 Å². The van der Waals surface area contributed by atoms with Crippen LogP contribution in [0.1, 0.15) is 41.5 Å². The summed E-state index contributed by atoms with van der Waals surface area (Å²) in [5.41, 5.74) is 1.68. The minimum Gasteiger partial charge on any atom is -0.0999 e. The van der Waals surface area contributed by atoms with Crippen molar-refractivity contribution in [3.8, 4) is 0 Å².